The first-order valence-electron chi connectivity index (χ1n) is 5.68. The predicted molar refractivity (Wildman–Crippen MR) is 53.7 cm³/mol. The summed E-state index contributed by atoms with van der Waals surface area (Å²) < 4.78 is 5.82. The molecule has 0 bridgehead atoms. The molecule has 0 spiro atoms. The number of hydrogen-bond donors (Lipinski definition) is 1. The van der Waals surface area contributed by atoms with Crippen LogP contribution in [0.4, 0.5) is 0 Å². The van der Waals surface area contributed by atoms with Crippen molar-refractivity contribution in [1.29, 1.82) is 0 Å². The van der Waals surface area contributed by atoms with E-state index in [9.17, 15) is 0 Å². The Bertz CT molecular complexity index is 167. The summed E-state index contributed by atoms with van der Waals surface area (Å²) >= 11 is 0. The number of likely N-dealkylation sites (N-methyl/N-ethyl adjacent to an activating group) is 1. The standard InChI is InChI=1S/C11H21NO/c1-3-12-10(9-4-5-9)11-8(2)6-7-13-11/h8-12H,3-7H2,1-2H3. The molecule has 1 saturated heterocycles. The second-order valence-corrected chi connectivity index (χ2v) is 4.52. The molecule has 0 amide bonds. The molecule has 0 aromatic heterocycles. The first-order chi connectivity index (χ1) is 6.33. The summed E-state index contributed by atoms with van der Waals surface area (Å²) in [6.45, 7) is 6.56. The summed E-state index contributed by atoms with van der Waals surface area (Å²) in [6, 6.07) is 0.641. The number of nitrogens with one attached hydrogen (secondary N) is 1. The number of rotatable bonds is 4. The lowest BCUT2D eigenvalue weighted by molar-refractivity contribution is 0.0545. The predicted octanol–water partition coefficient (Wildman–Crippen LogP) is 1.80. The van der Waals surface area contributed by atoms with Crippen LogP contribution in [0.2, 0.25) is 0 Å². The Kier molecular flexibility index (Phi) is 2.89. The van der Waals surface area contributed by atoms with Crippen LogP contribution < -0.4 is 5.32 Å². The summed E-state index contributed by atoms with van der Waals surface area (Å²) in [5.41, 5.74) is 0. The zero-order chi connectivity index (χ0) is 9.26. The molecule has 1 saturated carbocycles. The Hall–Kier alpha value is -0.0800. The lowest BCUT2D eigenvalue weighted by Crippen LogP contribution is -2.43. The van der Waals surface area contributed by atoms with Gasteiger partial charge in [-0.25, -0.2) is 0 Å². The van der Waals surface area contributed by atoms with E-state index in [-0.39, 0.29) is 0 Å². The van der Waals surface area contributed by atoms with Crippen LogP contribution in [0.3, 0.4) is 0 Å². The highest BCUT2D eigenvalue weighted by Crippen LogP contribution is 2.38. The zero-order valence-electron chi connectivity index (χ0n) is 8.75. The van der Waals surface area contributed by atoms with Crippen LogP contribution in [0.25, 0.3) is 0 Å². The highest BCUT2D eigenvalue weighted by Gasteiger charge is 2.40. The Labute approximate surface area is 81.0 Å². The molecule has 0 aromatic carbocycles. The molecule has 0 radical (unpaired) electrons. The summed E-state index contributed by atoms with van der Waals surface area (Å²) in [7, 11) is 0. The van der Waals surface area contributed by atoms with Crippen molar-refractivity contribution in [3.63, 3.8) is 0 Å². The molecular formula is C11H21NO. The summed E-state index contributed by atoms with van der Waals surface area (Å²) in [5.74, 6) is 1.66. The number of ether oxygens (including phenoxy) is 1. The zero-order valence-corrected chi connectivity index (χ0v) is 8.75. The van der Waals surface area contributed by atoms with Gasteiger partial charge in [0.05, 0.1) is 6.10 Å². The van der Waals surface area contributed by atoms with Crippen molar-refractivity contribution in [2.75, 3.05) is 13.2 Å². The highest BCUT2D eigenvalue weighted by atomic mass is 16.5. The maximum absolute atomic E-state index is 5.82. The molecule has 13 heavy (non-hydrogen) atoms. The van der Waals surface area contributed by atoms with Crippen molar-refractivity contribution in [3.8, 4) is 0 Å². The monoisotopic (exact) mass is 183 g/mol. The molecule has 2 rings (SSSR count). The maximum Gasteiger partial charge on any atom is 0.0756 e. The molecule has 1 N–H and O–H groups in total. The van der Waals surface area contributed by atoms with Crippen LogP contribution in [0.15, 0.2) is 0 Å². The van der Waals surface area contributed by atoms with Gasteiger partial charge in [-0.2, -0.15) is 0 Å². The van der Waals surface area contributed by atoms with Gasteiger partial charge in [-0.3, -0.25) is 0 Å². The Balaban J connectivity index is 1.92. The van der Waals surface area contributed by atoms with E-state index in [2.05, 4.69) is 19.2 Å². The van der Waals surface area contributed by atoms with Crippen LogP contribution >= 0.6 is 0 Å². The smallest absolute Gasteiger partial charge is 0.0756 e. The molecule has 3 unspecified atom stereocenters. The Morgan fingerprint density at radius 3 is 2.62 bits per heavy atom. The van der Waals surface area contributed by atoms with Crippen LogP contribution in [0, 0.1) is 11.8 Å². The van der Waals surface area contributed by atoms with Crippen LogP contribution in [0.5, 0.6) is 0 Å². The average molecular weight is 183 g/mol. The summed E-state index contributed by atoms with van der Waals surface area (Å²) in [4.78, 5) is 0. The summed E-state index contributed by atoms with van der Waals surface area (Å²) in [6.07, 6.45) is 4.56. The van der Waals surface area contributed by atoms with Crippen molar-refractivity contribution in [2.24, 2.45) is 11.8 Å². The minimum Gasteiger partial charge on any atom is -0.376 e. The van der Waals surface area contributed by atoms with Gasteiger partial charge in [0, 0.05) is 12.6 Å². The third-order valence-corrected chi connectivity index (χ3v) is 3.37. The fourth-order valence-corrected chi connectivity index (χ4v) is 2.42. The Morgan fingerprint density at radius 1 is 1.38 bits per heavy atom. The first kappa shape index (κ1) is 9.47. The van der Waals surface area contributed by atoms with E-state index in [0.29, 0.717) is 12.1 Å². The molecule has 2 fully saturated rings. The van der Waals surface area contributed by atoms with Gasteiger partial charge in [0.2, 0.25) is 0 Å². The van der Waals surface area contributed by atoms with E-state index in [4.69, 9.17) is 4.74 Å². The normalized spacial score (nSPS) is 36.5. The van der Waals surface area contributed by atoms with Crippen LogP contribution in [0.1, 0.15) is 33.1 Å². The van der Waals surface area contributed by atoms with E-state index >= 15 is 0 Å². The molecule has 2 heteroatoms. The molecule has 2 aliphatic rings. The Morgan fingerprint density at radius 2 is 2.15 bits per heavy atom. The van der Waals surface area contributed by atoms with Gasteiger partial charge in [0.25, 0.3) is 0 Å². The maximum atomic E-state index is 5.82. The van der Waals surface area contributed by atoms with E-state index in [1.165, 1.54) is 19.3 Å². The van der Waals surface area contributed by atoms with Crippen molar-refractivity contribution in [3.05, 3.63) is 0 Å². The van der Waals surface area contributed by atoms with Gasteiger partial charge in [-0.1, -0.05) is 13.8 Å². The fourth-order valence-electron chi connectivity index (χ4n) is 2.42. The molecule has 1 aliphatic heterocycles. The van der Waals surface area contributed by atoms with Crippen LogP contribution in [-0.2, 0) is 4.74 Å². The quantitative estimate of drug-likeness (QED) is 0.717. The van der Waals surface area contributed by atoms with E-state index in [0.717, 1.165) is 25.0 Å². The van der Waals surface area contributed by atoms with Crippen molar-refractivity contribution in [2.45, 2.75) is 45.3 Å². The van der Waals surface area contributed by atoms with Gasteiger partial charge in [0.15, 0.2) is 0 Å². The van der Waals surface area contributed by atoms with E-state index < -0.39 is 0 Å². The third-order valence-electron chi connectivity index (χ3n) is 3.37. The molecule has 76 valence electrons. The minimum absolute atomic E-state index is 0.493. The number of hydrogen-bond acceptors (Lipinski definition) is 2. The third kappa shape index (κ3) is 2.05. The van der Waals surface area contributed by atoms with Crippen molar-refractivity contribution in [1.82, 2.24) is 5.32 Å². The molecule has 3 atom stereocenters. The first-order valence-corrected chi connectivity index (χ1v) is 5.68. The average Bonchev–Trinajstić information content (AvgIpc) is 2.86. The lowest BCUT2D eigenvalue weighted by atomic mass is 9.94. The molecule has 1 aliphatic carbocycles. The fraction of sp³-hybridized carbons (Fsp3) is 1.00. The molecular weight excluding hydrogens is 162 g/mol. The van der Waals surface area contributed by atoms with E-state index in [1.807, 2.05) is 0 Å². The minimum atomic E-state index is 0.493. The van der Waals surface area contributed by atoms with Gasteiger partial charge < -0.3 is 10.1 Å². The van der Waals surface area contributed by atoms with Crippen molar-refractivity contribution >= 4 is 0 Å². The molecule has 0 aromatic rings. The molecule has 1 heterocycles. The SMILES string of the molecule is CCNC(C1CC1)C1OCCC1C. The topological polar surface area (TPSA) is 21.3 Å². The van der Waals surface area contributed by atoms with Gasteiger partial charge in [-0.15, -0.1) is 0 Å². The van der Waals surface area contributed by atoms with Crippen LogP contribution in [-0.4, -0.2) is 25.3 Å². The second-order valence-electron chi connectivity index (χ2n) is 4.52. The highest BCUT2D eigenvalue weighted by molar-refractivity contribution is 4.94. The largest absolute Gasteiger partial charge is 0.376 e. The van der Waals surface area contributed by atoms with Gasteiger partial charge in [0.1, 0.15) is 0 Å². The van der Waals surface area contributed by atoms with Gasteiger partial charge >= 0.3 is 0 Å². The van der Waals surface area contributed by atoms with Gasteiger partial charge in [-0.05, 0) is 37.6 Å². The van der Waals surface area contributed by atoms with Crippen molar-refractivity contribution < 1.29 is 4.74 Å². The second kappa shape index (κ2) is 3.97. The summed E-state index contributed by atoms with van der Waals surface area (Å²) in [5, 5.41) is 3.59. The van der Waals surface area contributed by atoms with E-state index in [1.54, 1.807) is 0 Å². The molecule has 2 nitrogen and oxygen atoms in total. The lowest BCUT2D eigenvalue weighted by Gasteiger charge is -2.26.